The van der Waals surface area contributed by atoms with Crippen molar-refractivity contribution in [3.8, 4) is 5.75 Å². The lowest BCUT2D eigenvalue weighted by Gasteiger charge is -2.09. The molecule has 2 amide bonds. The second-order valence-corrected chi connectivity index (χ2v) is 8.05. The molecule has 3 aromatic rings. The third-order valence-corrected chi connectivity index (χ3v) is 5.44. The molecule has 0 saturated heterocycles. The summed E-state index contributed by atoms with van der Waals surface area (Å²) in [7, 11) is 0. The van der Waals surface area contributed by atoms with Crippen LogP contribution in [0, 0.1) is 10.1 Å². The highest BCUT2D eigenvalue weighted by Crippen LogP contribution is 2.31. The summed E-state index contributed by atoms with van der Waals surface area (Å²) in [5.74, 6) is -1.48. The molecule has 1 aromatic heterocycles. The number of phenolic OH excluding ortho intramolecular Hbond substituents is 1. The van der Waals surface area contributed by atoms with E-state index < -0.39 is 16.7 Å². The SMILES string of the molecule is O=C(NN=Cc1cc([N+](=O)[O-])cc(Br)c1O)C(=Cc1cccs1)NC(=O)c1ccccc1. The molecule has 9 nitrogen and oxygen atoms in total. The number of hydrazone groups is 1. The van der Waals surface area contributed by atoms with Crippen LogP contribution in [0.25, 0.3) is 6.08 Å². The first-order chi connectivity index (χ1) is 15.3. The number of aromatic hydroxyl groups is 1. The summed E-state index contributed by atoms with van der Waals surface area (Å²) in [5.41, 5.74) is 2.32. The summed E-state index contributed by atoms with van der Waals surface area (Å²) in [6.07, 6.45) is 2.56. The molecule has 3 N–H and O–H groups in total. The molecule has 0 bridgehead atoms. The summed E-state index contributed by atoms with van der Waals surface area (Å²) in [6, 6.07) is 14.2. The number of non-ortho nitro benzene ring substituents is 1. The van der Waals surface area contributed by atoms with Gasteiger partial charge in [-0.2, -0.15) is 5.10 Å². The number of amides is 2. The van der Waals surface area contributed by atoms with E-state index >= 15 is 0 Å². The average molecular weight is 515 g/mol. The Morgan fingerprint density at radius 2 is 1.91 bits per heavy atom. The Morgan fingerprint density at radius 1 is 1.16 bits per heavy atom. The van der Waals surface area contributed by atoms with Crippen molar-refractivity contribution in [3.63, 3.8) is 0 Å². The van der Waals surface area contributed by atoms with Gasteiger partial charge in [0.15, 0.2) is 0 Å². The fraction of sp³-hybridized carbons (Fsp3) is 0. The number of phenols is 1. The molecule has 162 valence electrons. The quantitative estimate of drug-likeness (QED) is 0.189. The van der Waals surface area contributed by atoms with Crippen molar-refractivity contribution in [1.29, 1.82) is 0 Å². The standard InChI is InChI=1S/C21H15BrN4O5S/c22-17-10-15(26(30)31)9-14(19(17)27)12-23-25-21(29)18(11-16-7-4-8-32-16)24-20(28)13-5-2-1-3-6-13/h1-12,27H,(H,24,28)(H,25,29). The van der Waals surface area contributed by atoms with E-state index in [9.17, 15) is 24.8 Å². The normalized spacial score (nSPS) is 11.3. The largest absolute Gasteiger partial charge is 0.506 e. The first-order valence-corrected chi connectivity index (χ1v) is 10.6. The van der Waals surface area contributed by atoms with Gasteiger partial charge in [-0.1, -0.05) is 24.3 Å². The summed E-state index contributed by atoms with van der Waals surface area (Å²) in [5, 5.41) is 29.2. The minimum atomic E-state index is -0.720. The van der Waals surface area contributed by atoms with Gasteiger partial charge >= 0.3 is 0 Å². The third kappa shape index (κ3) is 5.86. The van der Waals surface area contributed by atoms with Gasteiger partial charge in [-0.15, -0.1) is 11.3 Å². The van der Waals surface area contributed by atoms with Crippen LogP contribution < -0.4 is 10.7 Å². The number of halogens is 1. The van der Waals surface area contributed by atoms with E-state index in [4.69, 9.17) is 0 Å². The molecule has 0 atom stereocenters. The second kappa shape index (κ2) is 10.5. The molecule has 0 spiro atoms. The number of thiophene rings is 1. The highest BCUT2D eigenvalue weighted by molar-refractivity contribution is 9.10. The molecule has 32 heavy (non-hydrogen) atoms. The van der Waals surface area contributed by atoms with Crippen LogP contribution in [0.5, 0.6) is 5.75 Å². The van der Waals surface area contributed by atoms with Crippen molar-refractivity contribution in [2.45, 2.75) is 0 Å². The van der Waals surface area contributed by atoms with Crippen LogP contribution >= 0.6 is 27.3 Å². The van der Waals surface area contributed by atoms with Crippen molar-refractivity contribution in [1.82, 2.24) is 10.7 Å². The minimum absolute atomic E-state index is 0.0171. The van der Waals surface area contributed by atoms with Gasteiger partial charge in [-0.05, 0) is 45.6 Å². The molecule has 0 saturated carbocycles. The van der Waals surface area contributed by atoms with Gasteiger partial charge < -0.3 is 10.4 Å². The van der Waals surface area contributed by atoms with Crippen molar-refractivity contribution in [2.24, 2.45) is 5.10 Å². The number of carbonyl (C=O) groups is 2. The average Bonchev–Trinajstić information content (AvgIpc) is 3.29. The number of hydrogen-bond acceptors (Lipinski definition) is 7. The smallest absolute Gasteiger partial charge is 0.287 e. The fourth-order valence-electron chi connectivity index (χ4n) is 2.49. The first kappa shape index (κ1) is 22.8. The van der Waals surface area contributed by atoms with Crippen molar-refractivity contribution in [2.75, 3.05) is 0 Å². The van der Waals surface area contributed by atoms with E-state index in [0.29, 0.717) is 5.56 Å². The molecular formula is C21H15BrN4O5S. The fourth-order valence-corrected chi connectivity index (χ4v) is 3.61. The number of benzene rings is 2. The summed E-state index contributed by atoms with van der Waals surface area (Å²) in [6.45, 7) is 0. The zero-order chi connectivity index (χ0) is 23.1. The number of nitrogens with one attached hydrogen (secondary N) is 2. The number of nitrogens with zero attached hydrogens (tertiary/aromatic N) is 2. The minimum Gasteiger partial charge on any atom is -0.506 e. The molecular weight excluding hydrogens is 500 g/mol. The number of nitro benzene ring substituents is 1. The summed E-state index contributed by atoms with van der Waals surface area (Å²) in [4.78, 5) is 36.3. The van der Waals surface area contributed by atoms with Crippen molar-refractivity contribution >= 4 is 57.1 Å². The maximum Gasteiger partial charge on any atom is 0.287 e. The predicted octanol–water partition coefficient (Wildman–Crippen LogP) is 4.05. The maximum atomic E-state index is 12.7. The van der Waals surface area contributed by atoms with Gasteiger partial charge in [0.1, 0.15) is 11.4 Å². The molecule has 0 aliphatic heterocycles. The van der Waals surface area contributed by atoms with E-state index in [-0.39, 0.29) is 27.2 Å². The monoisotopic (exact) mass is 514 g/mol. The van der Waals surface area contributed by atoms with Gasteiger partial charge in [-0.3, -0.25) is 19.7 Å². The number of hydrogen-bond donors (Lipinski definition) is 3. The highest BCUT2D eigenvalue weighted by atomic mass is 79.9. The Labute approximate surface area is 194 Å². The van der Waals surface area contributed by atoms with Crippen molar-refractivity contribution < 1.29 is 19.6 Å². The molecule has 3 rings (SSSR count). The van der Waals surface area contributed by atoms with Gasteiger partial charge in [0.25, 0.3) is 17.5 Å². The van der Waals surface area contributed by atoms with Crippen LogP contribution in [0.2, 0.25) is 0 Å². The van der Waals surface area contributed by atoms with Crippen molar-refractivity contribution in [3.05, 3.63) is 96.3 Å². The molecule has 0 unspecified atom stereocenters. The molecule has 0 aliphatic rings. The first-order valence-electron chi connectivity index (χ1n) is 8.97. The van der Waals surface area contributed by atoms with Crippen LogP contribution in [0.3, 0.4) is 0 Å². The van der Waals surface area contributed by atoms with E-state index in [1.165, 1.54) is 17.4 Å². The van der Waals surface area contributed by atoms with Crippen LogP contribution in [0.1, 0.15) is 20.8 Å². The van der Waals surface area contributed by atoms with Gasteiger partial charge in [0, 0.05) is 28.1 Å². The molecule has 0 fully saturated rings. The maximum absolute atomic E-state index is 12.7. The Morgan fingerprint density at radius 3 is 2.56 bits per heavy atom. The van der Waals surface area contributed by atoms with Gasteiger partial charge in [0.2, 0.25) is 0 Å². The highest BCUT2D eigenvalue weighted by Gasteiger charge is 2.16. The van der Waals surface area contributed by atoms with Crippen LogP contribution in [-0.2, 0) is 4.79 Å². The van der Waals surface area contributed by atoms with Crippen LogP contribution in [0.4, 0.5) is 5.69 Å². The number of carbonyl (C=O) groups excluding carboxylic acids is 2. The Kier molecular flexibility index (Phi) is 7.47. The van der Waals surface area contributed by atoms with E-state index in [0.717, 1.165) is 23.2 Å². The lowest BCUT2D eigenvalue weighted by atomic mass is 10.2. The Hall–Kier alpha value is -3.83. The van der Waals surface area contributed by atoms with E-state index in [1.807, 2.05) is 5.38 Å². The number of nitro groups is 1. The molecule has 1 heterocycles. The van der Waals surface area contributed by atoms with E-state index in [1.54, 1.807) is 42.5 Å². The number of rotatable bonds is 7. The molecule has 0 radical (unpaired) electrons. The van der Waals surface area contributed by atoms with Crippen LogP contribution in [0.15, 0.2) is 75.2 Å². The molecule has 0 aliphatic carbocycles. The molecule has 11 heteroatoms. The second-order valence-electron chi connectivity index (χ2n) is 6.22. The van der Waals surface area contributed by atoms with Gasteiger partial charge in [-0.25, -0.2) is 5.43 Å². The lowest BCUT2D eigenvalue weighted by Crippen LogP contribution is -2.32. The molecule has 2 aromatic carbocycles. The van der Waals surface area contributed by atoms with Crippen LogP contribution in [-0.4, -0.2) is 28.1 Å². The summed E-state index contributed by atoms with van der Waals surface area (Å²) < 4.78 is 0.105. The van der Waals surface area contributed by atoms with Gasteiger partial charge in [0.05, 0.1) is 15.6 Å². The zero-order valence-electron chi connectivity index (χ0n) is 16.2. The third-order valence-electron chi connectivity index (χ3n) is 4.02. The zero-order valence-corrected chi connectivity index (χ0v) is 18.6. The Bertz CT molecular complexity index is 1210. The Balaban J connectivity index is 1.80. The lowest BCUT2D eigenvalue weighted by molar-refractivity contribution is -0.385. The topological polar surface area (TPSA) is 134 Å². The van der Waals surface area contributed by atoms with E-state index in [2.05, 4.69) is 31.8 Å². The predicted molar refractivity (Wildman–Crippen MR) is 124 cm³/mol. The summed E-state index contributed by atoms with van der Waals surface area (Å²) >= 11 is 4.40.